The molecule has 0 saturated heterocycles. The zero-order valence-corrected chi connectivity index (χ0v) is 8.66. The third-order valence-electron chi connectivity index (χ3n) is 3.99. The fraction of sp³-hybridized carbons (Fsp3) is 0.833. The molecule has 2 saturated carbocycles. The third-order valence-corrected chi connectivity index (χ3v) is 3.99. The van der Waals surface area contributed by atoms with Crippen molar-refractivity contribution in [2.45, 2.75) is 45.6 Å². The van der Waals surface area contributed by atoms with E-state index in [0.717, 1.165) is 18.3 Å². The van der Waals surface area contributed by atoms with Gasteiger partial charge in [0.1, 0.15) is 0 Å². The normalized spacial score (nSPS) is 43.0. The summed E-state index contributed by atoms with van der Waals surface area (Å²) in [5.74, 6) is 2.20. The Morgan fingerprint density at radius 3 is 2.85 bits per heavy atom. The molecule has 4 unspecified atom stereocenters. The molecule has 0 aliphatic heterocycles. The van der Waals surface area contributed by atoms with Gasteiger partial charge in [0.25, 0.3) is 0 Å². The van der Waals surface area contributed by atoms with Gasteiger partial charge in [-0.3, -0.25) is 0 Å². The molecule has 0 aromatic rings. The summed E-state index contributed by atoms with van der Waals surface area (Å²) in [7, 11) is 0. The van der Waals surface area contributed by atoms with Crippen LogP contribution in [0.3, 0.4) is 0 Å². The second-order valence-corrected chi connectivity index (χ2v) is 4.65. The van der Waals surface area contributed by atoms with Crippen LogP contribution < -0.4 is 0 Å². The van der Waals surface area contributed by atoms with E-state index in [4.69, 9.17) is 0 Å². The SMILES string of the molecule is CC=C1CC2CC1C(C(O)CC)C2. The predicted octanol–water partition coefficient (Wildman–Crippen LogP) is 2.75. The zero-order chi connectivity index (χ0) is 9.42. The van der Waals surface area contributed by atoms with Crippen LogP contribution in [-0.2, 0) is 0 Å². The molecule has 0 aromatic carbocycles. The summed E-state index contributed by atoms with van der Waals surface area (Å²) in [5.41, 5.74) is 1.62. The van der Waals surface area contributed by atoms with Crippen molar-refractivity contribution in [2.75, 3.05) is 0 Å². The monoisotopic (exact) mass is 180 g/mol. The van der Waals surface area contributed by atoms with Crippen LogP contribution >= 0.6 is 0 Å². The van der Waals surface area contributed by atoms with Crippen molar-refractivity contribution in [1.82, 2.24) is 0 Å². The number of allylic oxidation sites excluding steroid dienone is 2. The Labute approximate surface area is 80.8 Å². The van der Waals surface area contributed by atoms with Crippen LogP contribution in [0.4, 0.5) is 0 Å². The van der Waals surface area contributed by atoms with Gasteiger partial charge in [-0.25, -0.2) is 0 Å². The van der Waals surface area contributed by atoms with Crippen molar-refractivity contribution in [1.29, 1.82) is 0 Å². The summed E-state index contributed by atoms with van der Waals surface area (Å²) in [6.07, 6.45) is 7.08. The Bertz CT molecular complexity index is 219. The van der Waals surface area contributed by atoms with Crippen LogP contribution in [0.15, 0.2) is 11.6 Å². The van der Waals surface area contributed by atoms with Gasteiger partial charge in [-0.1, -0.05) is 18.6 Å². The van der Waals surface area contributed by atoms with Crippen LogP contribution in [-0.4, -0.2) is 11.2 Å². The molecule has 0 spiro atoms. The maximum atomic E-state index is 9.87. The fourth-order valence-electron chi connectivity index (χ4n) is 3.32. The molecular weight excluding hydrogens is 160 g/mol. The van der Waals surface area contributed by atoms with Gasteiger partial charge in [-0.2, -0.15) is 0 Å². The standard InChI is InChI=1S/C12H20O/c1-3-9-5-8-6-10(9)11(7-8)12(13)4-2/h3,8,10-13H,4-7H2,1-2H3. The molecule has 0 heterocycles. The van der Waals surface area contributed by atoms with Gasteiger partial charge in [-0.05, 0) is 50.4 Å². The number of hydrogen-bond donors (Lipinski definition) is 1. The lowest BCUT2D eigenvalue weighted by Crippen LogP contribution is -2.25. The summed E-state index contributed by atoms with van der Waals surface area (Å²) in [6.45, 7) is 4.23. The van der Waals surface area contributed by atoms with Crippen molar-refractivity contribution in [3.63, 3.8) is 0 Å². The van der Waals surface area contributed by atoms with Gasteiger partial charge in [0.05, 0.1) is 6.10 Å². The molecule has 1 N–H and O–H groups in total. The van der Waals surface area contributed by atoms with E-state index in [1.807, 2.05) is 0 Å². The first-order valence-corrected chi connectivity index (χ1v) is 5.59. The number of fused-ring (bicyclic) bond motifs is 2. The quantitative estimate of drug-likeness (QED) is 0.648. The van der Waals surface area contributed by atoms with E-state index in [1.165, 1.54) is 19.3 Å². The van der Waals surface area contributed by atoms with Crippen LogP contribution in [0.5, 0.6) is 0 Å². The van der Waals surface area contributed by atoms with Gasteiger partial charge >= 0.3 is 0 Å². The Morgan fingerprint density at radius 2 is 2.31 bits per heavy atom. The minimum atomic E-state index is -0.0507. The first-order valence-electron chi connectivity index (χ1n) is 5.59. The first-order chi connectivity index (χ1) is 6.26. The molecule has 0 amide bonds. The topological polar surface area (TPSA) is 20.2 Å². The summed E-state index contributed by atoms with van der Waals surface area (Å²) in [6, 6.07) is 0. The molecule has 1 nitrogen and oxygen atoms in total. The zero-order valence-electron chi connectivity index (χ0n) is 8.66. The van der Waals surface area contributed by atoms with Gasteiger partial charge in [0.2, 0.25) is 0 Å². The summed E-state index contributed by atoms with van der Waals surface area (Å²) in [5, 5.41) is 9.87. The lowest BCUT2D eigenvalue weighted by Gasteiger charge is -2.28. The van der Waals surface area contributed by atoms with Crippen molar-refractivity contribution in [3.05, 3.63) is 11.6 Å². The van der Waals surface area contributed by atoms with E-state index in [1.54, 1.807) is 5.57 Å². The molecule has 2 fully saturated rings. The van der Waals surface area contributed by atoms with Crippen molar-refractivity contribution in [3.8, 4) is 0 Å². The maximum absolute atomic E-state index is 9.87. The van der Waals surface area contributed by atoms with Gasteiger partial charge in [-0.15, -0.1) is 0 Å². The molecule has 74 valence electrons. The predicted molar refractivity (Wildman–Crippen MR) is 54.4 cm³/mol. The fourth-order valence-corrected chi connectivity index (χ4v) is 3.32. The molecule has 4 atom stereocenters. The highest BCUT2D eigenvalue weighted by molar-refractivity contribution is 5.18. The molecule has 2 bridgehead atoms. The minimum absolute atomic E-state index is 0.0507. The van der Waals surface area contributed by atoms with E-state index in [-0.39, 0.29) is 6.10 Å². The molecule has 0 radical (unpaired) electrons. The number of aliphatic hydroxyl groups excluding tert-OH is 1. The molecule has 1 heteroatoms. The average Bonchev–Trinajstić information content (AvgIpc) is 2.74. The Balaban J connectivity index is 2.10. The molecule has 2 aliphatic carbocycles. The van der Waals surface area contributed by atoms with E-state index in [9.17, 15) is 5.11 Å². The third kappa shape index (κ3) is 1.43. The summed E-state index contributed by atoms with van der Waals surface area (Å²) < 4.78 is 0. The Morgan fingerprint density at radius 1 is 1.54 bits per heavy atom. The number of rotatable bonds is 2. The molecular formula is C12H20O. The van der Waals surface area contributed by atoms with Crippen molar-refractivity contribution < 1.29 is 5.11 Å². The first kappa shape index (κ1) is 9.26. The maximum Gasteiger partial charge on any atom is 0.0571 e. The highest BCUT2D eigenvalue weighted by Crippen LogP contribution is 2.52. The Hall–Kier alpha value is -0.300. The van der Waals surface area contributed by atoms with Crippen LogP contribution in [0.2, 0.25) is 0 Å². The molecule has 0 aromatic heterocycles. The van der Waals surface area contributed by atoms with Gasteiger partial charge in [0, 0.05) is 0 Å². The van der Waals surface area contributed by atoms with E-state index >= 15 is 0 Å². The average molecular weight is 180 g/mol. The molecule has 2 aliphatic rings. The second-order valence-electron chi connectivity index (χ2n) is 4.65. The largest absolute Gasteiger partial charge is 0.393 e. The van der Waals surface area contributed by atoms with Gasteiger partial charge in [0.15, 0.2) is 0 Å². The minimum Gasteiger partial charge on any atom is -0.393 e. The van der Waals surface area contributed by atoms with E-state index < -0.39 is 0 Å². The Kier molecular flexibility index (Phi) is 2.46. The molecule has 13 heavy (non-hydrogen) atoms. The highest BCUT2D eigenvalue weighted by Gasteiger charge is 2.44. The van der Waals surface area contributed by atoms with Crippen LogP contribution in [0.1, 0.15) is 39.5 Å². The van der Waals surface area contributed by atoms with Crippen LogP contribution in [0, 0.1) is 17.8 Å². The second kappa shape index (κ2) is 3.45. The number of aliphatic hydroxyl groups is 1. The summed E-state index contributed by atoms with van der Waals surface area (Å²) in [4.78, 5) is 0. The van der Waals surface area contributed by atoms with Crippen molar-refractivity contribution >= 4 is 0 Å². The molecule has 2 rings (SSSR count). The lowest BCUT2D eigenvalue weighted by atomic mass is 9.80. The van der Waals surface area contributed by atoms with E-state index in [0.29, 0.717) is 5.92 Å². The van der Waals surface area contributed by atoms with Crippen LogP contribution in [0.25, 0.3) is 0 Å². The smallest absolute Gasteiger partial charge is 0.0571 e. The number of hydrogen-bond acceptors (Lipinski definition) is 1. The summed E-state index contributed by atoms with van der Waals surface area (Å²) >= 11 is 0. The van der Waals surface area contributed by atoms with Gasteiger partial charge < -0.3 is 5.11 Å². The highest BCUT2D eigenvalue weighted by atomic mass is 16.3. The van der Waals surface area contributed by atoms with E-state index in [2.05, 4.69) is 19.9 Å². The lowest BCUT2D eigenvalue weighted by molar-refractivity contribution is 0.0834. The van der Waals surface area contributed by atoms with Crippen molar-refractivity contribution in [2.24, 2.45) is 17.8 Å².